The Balaban J connectivity index is 1.65. The third-order valence-corrected chi connectivity index (χ3v) is 8.23. The predicted octanol–water partition coefficient (Wildman–Crippen LogP) is 7.58. The zero-order chi connectivity index (χ0) is 22.9. The van der Waals surface area contributed by atoms with Gasteiger partial charge in [0.1, 0.15) is 5.75 Å². The highest BCUT2D eigenvalue weighted by Crippen LogP contribution is 2.53. The van der Waals surface area contributed by atoms with Gasteiger partial charge in [-0.1, -0.05) is 68.4 Å². The number of hydrogen-bond donors (Lipinski definition) is 3. The van der Waals surface area contributed by atoms with Crippen LogP contribution in [-0.4, -0.2) is 15.3 Å². The Morgan fingerprint density at radius 3 is 1.59 bits per heavy atom. The molecule has 0 fully saturated rings. The zero-order valence-electron chi connectivity index (χ0n) is 19.5. The second kappa shape index (κ2) is 8.69. The van der Waals surface area contributed by atoms with Crippen molar-refractivity contribution in [2.24, 2.45) is 17.3 Å². The lowest BCUT2D eigenvalue weighted by atomic mass is 9.58. The number of aromatic hydroxyl groups is 1. The van der Waals surface area contributed by atoms with Crippen LogP contribution in [0.15, 0.2) is 83.4 Å². The lowest BCUT2D eigenvalue weighted by Crippen LogP contribution is -2.36. The molecule has 0 bridgehead atoms. The van der Waals surface area contributed by atoms with E-state index in [0.717, 1.165) is 25.7 Å². The quantitative estimate of drug-likeness (QED) is 0.420. The molecule has 0 spiro atoms. The van der Waals surface area contributed by atoms with Gasteiger partial charge < -0.3 is 15.3 Å². The monoisotopic (exact) mass is 432 g/mol. The van der Waals surface area contributed by atoms with Gasteiger partial charge in [0.15, 0.2) is 0 Å². The molecule has 1 aromatic carbocycles. The van der Waals surface area contributed by atoms with Crippen LogP contribution < -0.4 is 0 Å². The summed E-state index contributed by atoms with van der Waals surface area (Å²) in [4.78, 5) is 0. The highest BCUT2D eigenvalue weighted by Gasteiger charge is 2.42. The molecule has 0 saturated heterocycles. The summed E-state index contributed by atoms with van der Waals surface area (Å²) < 4.78 is 0. The molecule has 0 radical (unpaired) electrons. The first-order chi connectivity index (χ1) is 15.2. The number of allylic oxidation sites excluding steroid dienone is 10. The van der Waals surface area contributed by atoms with Gasteiger partial charge in [0.05, 0.1) is 11.5 Å². The van der Waals surface area contributed by atoms with Crippen molar-refractivity contribution in [1.82, 2.24) is 0 Å². The maximum absolute atomic E-state index is 9.93. The van der Waals surface area contributed by atoms with Gasteiger partial charge in [0.25, 0.3) is 0 Å². The van der Waals surface area contributed by atoms with E-state index in [-0.39, 0.29) is 10.8 Å². The molecular formula is C29H36O3. The van der Waals surface area contributed by atoms with Crippen molar-refractivity contribution in [1.29, 1.82) is 0 Å². The molecule has 3 nitrogen and oxygen atoms in total. The van der Waals surface area contributed by atoms with Crippen molar-refractivity contribution in [3.8, 4) is 5.75 Å². The summed E-state index contributed by atoms with van der Waals surface area (Å²) in [5.74, 6) is 2.04. The largest absolute Gasteiger partial charge is 0.512 e. The normalized spacial score (nSPS) is 24.3. The molecule has 3 aliphatic rings. The molecule has 0 amide bonds. The first-order valence-electron chi connectivity index (χ1n) is 11.9. The number of benzene rings is 1. The first kappa shape index (κ1) is 22.5. The zero-order valence-corrected chi connectivity index (χ0v) is 19.5. The van der Waals surface area contributed by atoms with Crippen molar-refractivity contribution in [2.75, 3.05) is 0 Å². The van der Waals surface area contributed by atoms with Gasteiger partial charge in [0.2, 0.25) is 0 Å². The Kier molecular flexibility index (Phi) is 6.11. The topological polar surface area (TPSA) is 60.7 Å². The molecule has 0 aromatic heterocycles. The summed E-state index contributed by atoms with van der Waals surface area (Å²) in [6.45, 7) is 6.95. The number of aliphatic hydroxyl groups excluding tert-OH is 2. The summed E-state index contributed by atoms with van der Waals surface area (Å²) in [6.07, 6.45) is 18.1. The minimum Gasteiger partial charge on any atom is -0.512 e. The number of phenolic OH excluding ortho intramolecular Hbond substituents is 1. The number of phenols is 1. The summed E-state index contributed by atoms with van der Waals surface area (Å²) in [5.41, 5.74) is 3.88. The van der Waals surface area contributed by atoms with Crippen molar-refractivity contribution in [2.45, 2.75) is 64.7 Å². The van der Waals surface area contributed by atoms with Gasteiger partial charge in [0, 0.05) is 18.3 Å². The lowest BCUT2D eigenvalue weighted by molar-refractivity contribution is 0.244. The van der Waals surface area contributed by atoms with Gasteiger partial charge in [-0.3, -0.25) is 0 Å². The van der Waals surface area contributed by atoms with Gasteiger partial charge >= 0.3 is 0 Å². The van der Waals surface area contributed by atoms with Crippen LogP contribution in [0.2, 0.25) is 0 Å². The molecule has 2 unspecified atom stereocenters. The molecule has 3 aliphatic carbocycles. The summed E-state index contributed by atoms with van der Waals surface area (Å²) >= 11 is 0. The third kappa shape index (κ3) is 4.18. The molecule has 2 atom stereocenters. The summed E-state index contributed by atoms with van der Waals surface area (Å²) in [5, 5.41) is 29.5. The number of hydrogen-bond acceptors (Lipinski definition) is 3. The van der Waals surface area contributed by atoms with E-state index in [0.29, 0.717) is 41.9 Å². The van der Waals surface area contributed by atoms with Crippen molar-refractivity contribution < 1.29 is 15.3 Å². The van der Waals surface area contributed by atoms with E-state index in [1.807, 2.05) is 24.3 Å². The SMILES string of the molecule is CC(C1=CC=C(O)CC1)(C1=CC=C(O)CC1)C1C=CC(C(C)(C)c2ccc(O)cc2)CC1. The average molecular weight is 433 g/mol. The fourth-order valence-electron chi connectivity index (χ4n) is 5.81. The van der Waals surface area contributed by atoms with Crippen LogP contribution in [-0.2, 0) is 5.41 Å². The van der Waals surface area contributed by atoms with Crippen LogP contribution in [0.3, 0.4) is 0 Å². The number of rotatable bonds is 5. The molecule has 0 heterocycles. The van der Waals surface area contributed by atoms with E-state index < -0.39 is 0 Å². The highest BCUT2D eigenvalue weighted by molar-refractivity contribution is 5.40. The fraction of sp³-hybridized carbons (Fsp3) is 0.448. The smallest absolute Gasteiger partial charge is 0.115 e. The standard InChI is InChI=1S/C29H36O3/c1-28(2,21-8-14-25(30)15-9-21)20-4-6-22(7-5-20)29(3,23-10-16-26(31)17-11-23)24-12-18-27(32)19-13-24/h4,6,8-10,12,14-16,18,20,22,30-32H,5,7,11,13,17,19H2,1-3H3. The Bertz CT molecular complexity index is 963. The third-order valence-electron chi connectivity index (χ3n) is 8.23. The Morgan fingerprint density at radius 2 is 1.16 bits per heavy atom. The van der Waals surface area contributed by atoms with Crippen molar-refractivity contribution >= 4 is 0 Å². The second-order valence-corrected chi connectivity index (χ2v) is 10.3. The molecule has 1 aromatic rings. The molecule has 170 valence electrons. The van der Waals surface area contributed by atoms with Crippen molar-refractivity contribution in [3.63, 3.8) is 0 Å². The lowest BCUT2D eigenvalue weighted by Gasteiger charge is -2.46. The molecular weight excluding hydrogens is 396 g/mol. The van der Waals surface area contributed by atoms with E-state index >= 15 is 0 Å². The molecule has 3 N–H and O–H groups in total. The Labute approximate surface area is 192 Å². The second-order valence-electron chi connectivity index (χ2n) is 10.3. The van der Waals surface area contributed by atoms with Gasteiger partial charge in [-0.2, -0.15) is 0 Å². The van der Waals surface area contributed by atoms with Crippen LogP contribution in [0, 0.1) is 17.3 Å². The Hall–Kier alpha value is -2.68. The molecule has 3 heteroatoms. The molecule has 4 rings (SSSR count). The molecule has 32 heavy (non-hydrogen) atoms. The van der Waals surface area contributed by atoms with Crippen LogP contribution >= 0.6 is 0 Å². The summed E-state index contributed by atoms with van der Waals surface area (Å²) in [7, 11) is 0. The Morgan fingerprint density at radius 1 is 0.656 bits per heavy atom. The highest BCUT2D eigenvalue weighted by atomic mass is 16.3. The molecule has 0 aliphatic heterocycles. The minimum absolute atomic E-state index is 0.0111. The minimum atomic E-state index is -0.113. The fourth-order valence-corrected chi connectivity index (χ4v) is 5.81. The van der Waals surface area contributed by atoms with Gasteiger partial charge in [-0.05, 0) is 72.8 Å². The van der Waals surface area contributed by atoms with E-state index in [1.165, 1.54) is 16.7 Å². The van der Waals surface area contributed by atoms with Crippen LogP contribution in [0.4, 0.5) is 0 Å². The van der Waals surface area contributed by atoms with E-state index in [9.17, 15) is 15.3 Å². The van der Waals surface area contributed by atoms with Crippen LogP contribution in [0.1, 0.15) is 64.9 Å². The van der Waals surface area contributed by atoms with E-state index in [1.54, 1.807) is 12.1 Å². The maximum atomic E-state index is 9.93. The first-order valence-corrected chi connectivity index (χ1v) is 11.9. The summed E-state index contributed by atoms with van der Waals surface area (Å²) in [6, 6.07) is 7.63. The average Bonchev–Trinajstić information content (AvgIpc) is 2.80. The molecule has 0 saturated carbocycles. The van der Waals surface area contributed by atoms with Gasteiger partial charge in [-0.15, -0.1) is 0 Å². The maximum Gasteiger partial charge on any atom is 0.115 e. The predicted molar refractivity (Wildman–Crippen MR) is 131 cm³/mol. The van der Waals surface area contributed by atoms with Crippen LogP contribution in [0.5, 0.6) is 5.75 Å². The van der Waals surface area contributed by atoms with Gasteiger partial charge in [-0.25, -0.2) is 0 Å². The van der Waals surface area contributed by atoms with Crippen LogP contribution in [0.25, 0.3) is 0 Å². The van der Waals surface area contributed by atoms with E-state index in [4.69, 9.17) is 0 Å². The van der Waals surface area contributed by atoms with E-state index in [2.05, 4.69) is 45.1 Å². The number of aliphatic hydroxyl groups is 2. The van der Waals surface area contributed by atoms with Crippen molar-refractivity contribution in [3.05, 3.63) is 88.9 Å².